The smallest absolute Gasteiger partial charge is 0.255 e. The van der Waals surface area contributed by atoms with Crippen molar-refractivity contribution in [3.63, 3.8) is 0 Å². The number of amides is 1. The van der Waals surface area contributed by atoms with E-state index in [-0.39, 0.29) is 18.3 Å². The molecule has 112 valence electrons. The third-order valence-corrected chi connectivity index (χ3v) is 4.37. The highest BCUT2D eigenvalue weighted by Crippen LogP contribution is 2.23. The Morgan fingerprint density at radius 2 is 2.20 bits per heavy atom. The van der Waals surface area contributed by atoms with E-state index in [4.69, 9.17) is 0 Å². The molecular weight excluding hydrogens is 292 g/mol. The van der Waals surface area contributed by atoms with Gasteiger partial charge in [-0.25, -0.2) is 0 Å². The van der Waals surface area contributed by atoms with Crippen LogP contribution in [0, 0.1) is 0 Å². The molecule has 1 fully saturated rings. The lowest BCUT2D eigenvalue weighted by atomic mass is 10.1. The number of nitrogens with one attached hydrogen (secondary N) is 1. The summed E-state index contributed by atoms with van der Waals surface area (Å²) in [5.41, 5.74) is 0.845. The Kier molecular flexibility index (Phi) is 7.41. The molecule has 1 aromatic rings. The lowest BCUT2D eigenvalue weighted by Crippen LogP contribution is -2.53. The summed E-state index contributed by atoms with van der Waals surface area (Å²) in [6, 6.07) is 8.24. The average molecular weight is 315 g/mol. The Hall–Kier alpha value is -0.710. The molecule has 1 amide bonds. The highest BCUT2D eigenvalue weighted by Gasteiger charge is 2.27. The first kappa shape index (κ1) is 17.3. The van der Waals surface area contributed by atoms with E-state index in [9.17, 15) is 4.79 Å². The van der Waals surface area contributed by atoms with Crippen molar-refractivity contribution < 1.29 is 4.79 Å². The van der Waals surface area contributed by atoms with E-state index < -0.39 is 0 Å². The van der Waals surface area contributed by atoms with Crippen LogP contribution < -0.4 is 5.32 Å². The zero-order chi connectivity index (χ0) is 13.7. The fourth-order valence-electron chi connectivity index (χ4n) is 2.60. The van der Waals surface area contributed by atoms with E-state index in [1.54, 1.807) is 11.8 Å². The van der Waals surface area contributed by atoms with Crippen molar-refractivity contribution in [2.45, 2.75) is 30.7 Å². The van der Waals surface area contributed by atoms with Gasteiger partial charge in [0.05, 0.1) is 5.56 Å². The summed E-state index contributed by atoms with van der Waals surface area (Å²) in [5, 5.41) is 3.39. The predicted molar refractivity (Wildman–Crippen MR) is 88.1 cm³/mol. The second-order valence-corrected chi connectivity index (χ2v) is 5.69. The van der Waals surface area contributed by atoms with Gasteiger partial charge in [0.1, 0.15) is 0 Å². The molecule has 0 spiro atoms. The monoisotopic (exact) mass is 314 g/mol. The van der Waals surface area contributed by atoms with Crippen LogP contribution in [0.2, 0.25) is 0 Å². The van der Waals surface area contributed by atoms with Gasteiger partial charge in [-0.3, -0.25) is 4.79 Å². The Bertz CT molecular complexity index is 440. The zero-order valence-electron chi connectivity index (χ0n) is 12.1. The average Bonchev–Trinajstić information content (AvgIpc) is 2.47. The summed E-state index contributed by atoms with van der Waals surface area (Å²) < 4.78 is 0. The van der Waals surface area contributed by atoms with E-state index >= 15 is 0 Å². The molecule has 1 aliphatic heterocycles. The minimum atomic E-state index is 0. The molecule has 1 saturated heterocycles. The van der Waals surface area contributed by atoms with Gasteiger partial charge in [-0.05, 0) is 24.8 Å². The molecule has 0 saturated carbocycles. The van der Waals surface area contributed by atoms with E-state index in [1.165, 1.54) is 0 Å². The van der Waals surface area contributed by atoms with Crippen LogP contribution in [-0.2, 0) is 0 Å². The van der Waals surface area contributed by atoms with Crippen LogP contribution >= 0.6 is 24.2 Å². The molecular formula is C15H23ClN2OS. The van der Waals surface area contributed by atoms with Crippen LogP contribution in [0.25, 0.3) is 0 Å². The van der Waals surface area contributed by atoms with Gasteiger partial charge in [-0.15, -0.1) is 24.2 Å². The third kappa shape index (κ3) is 3.90. The number of hydrogen-bond donors (Lipinski definition) is 1. The van der Waals surface area contributed by atoms with Gasteiger partial charge >= 0.3 is 0 Å². The van der Waals surface area contributed by atoms with Crippen molar-refractivity contribution in [1.82, 2.24) is 10.2 Å². The minimum absolute atomic E-state index is 0. The number of nitrogens with zero attached hydrogens (tertiary/aromatic N) is 1. The van der Waals surface area contributed by atoms with Crippen LogP contribution in [0.4, 0.5) is 0 Å². The molecule has 5 heteroatoms. The van der Waals surface area contributed by atoms with Crippen LogP contribution in [0.1, 0.15) is 30.1 Å². The zero-order valence-corrected chi connectivity index (χ0v) is 13.7. The van der Waals surface area contributed by atoms with Crippen molar-refractivity contribution in [3.05, 3.63) is 29.8 Å². The SMILES string of the molecule is CCCC1CNCCN1C(=O)c1ccccc1SC.Cl. The minimum Gasteiger partial charge on any atom is -0.333 e. The molecule has 0 aromatic heterocycles. The lowest BCUT2D eigenvalue weighted by molar-refractivity contribution is 0.0621. The molecule has 0 aliphatic carbocycles. The van der Waals surface area contributed by atoms with E-state index in [1.807, 2.05) is 30.5 Å². The van der Waals surface area contributed by atoms with Crippen molar-refractivity contribution in [1.29, 1.82) is 0 Å². The molecule has 3 nitrogen and oxygen atoms in total. The number of hydrogen-bond acceptors (Lipinski definition) is 3. The summed E-state index contributed by atoms with van der Waals surface area (Å²) in [5.74, 6) is 0.185. The van der Waals surface area contributed by atoms with Crippen molar-refractivity contribution >= 4 is 30.1 Å². The molecule has 1 unspecified atom stereocenters. The molecule has 1 aromatic carbocycles. The van der Waals surface area contributed by atoms with Gasteiger partial charge in [0, 0.05) is 30.6 Å². The van der Waals surface area contributed by atoms with Gasteiger partial charge in [0.2, 0.25) is 0 Å². The topological polar surface area (TPSA) is 32.3 Å². The van der Waals surface area contributed by atoms with Gasteiger partial charge in [-0.1, -0.05) is 25.5 Å². The first-order chi connectivity index (χ1) is 9.27. The van der Waals surface area contributed by atoms with E-state index in [0.29, 0.717) is 6.04 Å². The maximum Gasteiger partial charge on any atom is 0.255 e. The van der Waals surface area contributed by atoms with Gasteiger partial charge in [0.15, 0.2) is 0 Å². The van der Waals surface area contributed by atoms with Crippen LogP contribution in [0.15, 0.2) is 29.2 Å². The van der Waals surface area contributed by atoms with Crippen molar-refractivity contribution in [3.8, 4) is 0 Å². The summed E-state index contributed by atoms with van der Waals surface area (Å²) in [4.78, 5) is 15.9. The Labute approximate surface area is 131 Å². The molecule has 2 rings (SSSR count). The third-order valence-electron chi connectivity index (χ3n) is 3.57. The fraction of sp³-hybridized carbons (Fsp3) is 0.533. The number of carbonyl (C=O) groups is 1. The molecule has 20 heavy (non-hydrogen) atoms. The molecule has 1 N–H and O–H groups in total. The summed E-state index contributed by atoms with van der Waals surface area (Å²) in [6.07, 6.45) is 4.20. The molecule has 1 aliphatic rings. The Morgan fingerprint density at radius 3 is 2.90 bits per heavy atom. The number of carbonyl (C=O) groups excluding carboxylic acids is 1. The molecule has 1 heterocycles. The number of rotatable bonds is 4. The predicted octanol–water partition coefficient (Wildman–Crippen LogP) is 3.04. The standard InChI is InChI=1S/C15H22N2OS.ClH/c1-3-6-12-11-16-9-10-17(12)15(18)13-7-4-5-8-14(13)19-2;/h4-5,7-8,12,16H,3,6,9-11H2,1-2H3;1H. The lowest BCUT2D eigenvalue weighted by Gasteiger charge is -2.36. The maximum atomic E-state index is 12.7. The van der Waals surface area contributed by atoms with Crippen LogP contribution in [0.5, 0.6) is 0 Å². The number of benzene rings is 1. The maximum absolute atomic E-state index is 12.7. The fourth-order valence-corrected chi connectivity index (χ4v) is 3.19. The first-order valence-corrected chi connectivity index (χ1v) is 8.15. The second kappa shape index (κ2) is 8.55. The highest BCUT2D eigenvalue weighted by molar-refractivity contribution is 7.98. The Morgan fingerprint density at radius 1 is 1.45 bits per heavy atom. The van der Waals surface area contributed by atoms with Crippen molar-refractivity contribution in [2.75, 3.05) is 25.9 Å². The van der Waals surface area contributed by atoms with Gasteiger partial charge in [0.25, 0.3) is 5.91 Å². The summed E-state index contributed by atoms with van der Waals surface area (Å²) in [7, 11) is 0. The van der Waals surface area contributed by atoms with Gasteiger partial charge in [-0.2, -0.15) is 0 Å². The van der Waals surface area contributed by atoms with E-state index in [0.717, 1.165) is 42.9 Å². The summed E-state index contributed by atoms with van der Waals surface area (Å²) in [6.45, 7) is 4.80. The quantitative estimate of drug-likeness (QED) is 0.867. The second-order valence-electron chi connectivity index (χ2n) is 4.85. The largest absolute Gasteiger partial charge is 0.333 e. The van der Waals surface area contributed by atoms with Crippen molar-refractivity contribution in [2.24, 2.45) is 0 Å². The van der Waals surface area contributed by atoms with Crippen LogP contribution in [0.3, 0.4) is 0 Å². The van der Waals surface area contributed by atoms with Crippen LogP contribution in [-0.4, -0.2) is 42.7 Å². The molecule has 1 atom stereocenters. The molecule has 0 bridgehead atoms. The number of halogens is 1. The molecule has 0 radical (unpaired) electrons. The summed E-state index contributed by atoms with van der Waals surface area (Å²) >= 11 is 1.64. The highest BCUT2D eigenvalue weighted by atomic mass is 35.5. The normalized spacial score (nSPS) is 18.5. The van der Waals surface area contributed by atoms with Gasteiger partial charge < -0.3 is 10.2 Å². The first-order valence-electron chi connectivity index (χ1n) is 6.92. The number of thioether (sulfide) groups is 1. The number of piperazine rings is 1. The van der Waals surface area contributed by atoms with E-state index in [2.05, 4.69) is 17.1 Å². The Balaban J connectivity index is 0.00000200.